The summed E-state index contributed by atoms with van der Waals surface area (Å²) in [5, 5.41) is 1.23. The zero-order valence-electron chi connectivity index (χ0n) is 9.88. The molecule has 94 valence electrons. The van der Waals surface area contributed by atoms with Crippen LogP contribution in [0.1, 0.15) is 37.8 Å². The quantitative estimate of drug-likeness (QED) is 0.893. The Balaban J connectivity index is 2.25. The number of halogens is 2. The molecule has 1 aromatic carbocycles. The van der Waals surface area contributed by atoms with Gasteiger partial charge in [0.25, 0.3) is 0 Å². The van der Waals surface area contributed by atoms with Gasteiger partial charge in [-0.15, -0.1) is 0 Å². The van der Waals surface area contributed by atoms with Crippen molar-refractivity contribution in [3.8, 4) is 5.75 Å². The van der Waals surface area contributed by atoms with Gasteiger partial charge in [0.15, 0.2) is 0 Å². The summed E-state index contributed by atoms with van der Waals surface area (Å²) in [5.41, 5.74) is 7.15. The lowest BCUT2D eigenvalue weighted by Gasteiger charge is -2.32. The fourth-order valence-electron chi connectivity index (χ4n) is 2.12. The summed E-state index contributed by atoms with van der Waals surface area (Å²) in [5.74, 6) is 1.17. The van der Waals surface area contributed by atoms with Crippen LogP contribution in [0.4, 0.5) is 0 Å². The average Bonchev–Trinajstić information content (AvgIpc) is 2.20. The fourth-order valence-corrected chi connectivity index (χ4v) is 2.62. The van der Waals surface area contributed by atoms with Crippen LogP contribution in [0.5, 0.6) is 5.75 Å². The number of nitrogens with two attached hydrogens (primary N) is 1. The van der Waals surface area contributed by atoms with E-state index < -0.39 is 0 Å². The van der Waals surface area contributed by atoms with E-state index in [2.05, 4.69) is 0 Å². The van der Waals surface area contributed by atoms with Gasteiger partial charge in [0.2, 0.25) is 0 Å². The summed E-state index contributed by atoms with van der Waals surface area (Å²) in [6.07, 6.45) is 3.63. The topological polar surface area (TPSA) is 35.2 Å². The smallest absolute Gasteiger partial charge is 0.139 e. The Labute approximate surface area is 112 Å². The average molecular weight is 274 g/mol. The first-order valence-electron chi connectivity index (χ1n) is 6.00. The molecule has 17 heavy (non-hydrogen) atoms. The molecule has 1 fully saturated rings. The van der Waals surface area contributed by atoms with Crippen LogP contribution < -0.4 is 10.5 Å². The predicted molar refractivity (Wildman–Crippen MR) is 71.9 cm³/mol. The largest absolute Gasteiger partial charge is 0.492 e. The second kappa shape index (κ2) is 5.47. The highest BCUT2D eigenvalue weighted by atomic mass is 35.5. The summed E-state index contributed by atoms with van der Waals surface area (Å²) in [6, 6.07) is 3.60. The Hall–Kier alpha value is -0.440. The van der Waals surface area contributed by atoms with Crippen LogP contribution in [0.2, 0.25) is 10.0 Å². The number of rotatable bonds is 4. The van der Waals surface area contributed by atoms with Gasteiger partial charge >= 0.3 is 0 Å². The van der Waals surface area contributed by atoms with Gasteiger partial charge in [0.1, 0.15) is 5.75 Å². The van der Waals surface area contributed by atoms with Crippen molar-refractivity contribution in [3.63, 3.8) is 0 Å². The van der Waals surface area contributed by atoms with E-state index in [0.717, 1.165) is 5.56 Å². The van der Waals surface area contributed by atoms with Crippen LogP contribution in [0.25, 0.3) is 0 Å². The molecule has 1 aliphatic rings. The van der Waals surface area contributed by atoms with Gasteiger partial charge in [-0.3, -0.25) is 0 Å². The monoisotopic (exact) mass is 273 g/mol. The Morgan fingerprint density at radius 3 is 2.59 bits per heavy atom. The summed E-state index contributed by atoms with van der Waals surface area (Å²) in [7, 11) is 0. The second-order valence-corrected chi connectivity index (χ2v) is 5.27. The van der Waals surface area contributed by atoms with Crippen molar-refractivity contribution in [2.45, 2.75) is 32.2 Å². The van der Waals surface area contributed by atoms with Crippen molar-refractivity contribution >= 4 is 23.2 Å². The first-order chi connectivity index (χ1) is 8.13. The Morgan fingerprint density at radius 1 is 1.35 bits per heavy atom. The predicted octanol–water partition coefficient (Wildman–Crippen LogP) is 4.19. The van der Waals surface area contributed by atoms with Crippen LogP contribution in [0, 0.1) is 5.92 Å². The molecular weight excluding hydrogens is 257 g/mol. The van der Waals surface area contributed by atoms with E-state index in [0.29, 0.717) is 28.3 Å². The van der Waals surface area contributed by atoms with Crippen molar-refractivity contribution in [1.29, 1.82) is 0 Å². The van der Waals surface area contributed by atoms with Gasteiger partial charge in [0, 0.05) is 17.1 Å². The van der Waals surface area contributed by atoms with Crippen molar-refractivity contribution in [1.82, 2.24) is 0 Å². The fraction of sp³-hybridized carbons (Fsp3) is 0.538. The molecule has 0 heterocycles. The minimum atomic E-state index is -0.00979. The van der Waals surface area contributed by atoms with Crippen LogP contribution >= 0.6 is 23.2 Å². The molecule has 1 aromatic rings. The number of ether oxygens (including phenoxy) is 1. The van der Waals surface area contributed by atoms with E-state index in [1.54, 1.807) is 6.07 Å². The maximum atomic E-state index is 6.24. The van der Waals surface area contributed by atoms with Gasteiger partial charge < -0.3 is 10.5 Å². The summed E-state index contributed by atoms with van der Waals surface area (Å²) in [6.45, 7) is 2.49. The van der Waals surface area contributed by atoms with Crippen LogP contribution in [0.15, 0.2) is 12.1 Å². The Bertz CT molecular complexity index is 405. The van der Waals surface area contributed by atoms with Crippen LogP contribution in [0.3, 0.4) is 0 Å². The SMILES string of the molecule is CCOc1cc(Cl)c(C(N)C2CCC2)cc1Cl. The van der Waals surface area contributed by atoms with Gasteiger partial charge in [-0.2, -0.15) is 0 Å². The summed E-state index contributed by atoms with van der Waals surface area (Å²) < 4.78 is 5.40. The third-order valence-corrected chi connectivity index (χ3v) is 3.99. The van der Waals surface area contributed by atoms with Crippen molar-refractivity contribution in [2.75, 3.05) is 6.61 Å². The molecule has 0 amide bonds. The Kier molecular flexibility index (Phi) is 4.18. The first-order valence-corrected chi connectivity index (χ1v) is 6.76. The molecule has 0 saturated heterocycles. The number of benzene rings is 1. The van der Waals surface area contributed by atoms with E-state index in [1.165, 1.54) is 19.3 Å². The molecule has 0 bridgehead atoms. The van der Waals surface area contributed by atoms with E-state index >= 15 is 0 Å². The second-order valence-electron chi connectivity index (χ2n) is 4.45. The zero-order chi connectivity index (χ0) is 12.4. The third kappa shape index (κ3) is 2.70. The van der Waals surface area contributed by atoms with E-state index in [1.807, 2.05) is 13.0 Å². The van der Waals surface area contributed by atoms with Crippen molar-refractivity contribution in [3.05, 3.63) is 27.7 Å². The number of hydrogen-bond donors (Lipinski definition) is 1. The highest BCUT2D eigenvalue weighted by Gasteiger charge is 2.27. The minimum Gasteiger partial charge on any atom is -0.492 e. The highest BCUT2D eigenvalue weighted by Crippen LogP contribution is 2.41. The molecule has 2 rings (SSSR count). The maximum absolute atomic E-state index is 6.24. The molecule has 1 atom stereocenters. The number of hydrogen-bond acceptors (Lipinski definition) is 2. The van der Waals surface area contributed by atoms with Gasteiger partial charge in [-0.1, -0.05) is 29.6 Å². The lowest BCUT2D eigenvalue weighted by molar-refractivity contribution is 0.264. The van der Waals surface area contributed by atoms with Crippen molar-refractivity contribution < 1.29 is 4.74 Å². The molecule has 1 aliphatic carbocycles. The zero-order valence-corrected chi connectivity index (χ0v) is 11.4. The molecule has 0 aromatic heterocycles. The molecule has 2 N–H and O–H groups in total. The van der Waals surface area contributed by atoms with Gasteiger partial charge in [-0.05, 0) is 37.3 Å². The third-order valence-electron chi connectivity index (χ3n) is 3.37. The lowest BCUT2D eigenvalue weighted by Crippen LogP contribution is -2.27. The van der Waals surface area contributed by atoms with E-state index in [4.69, 9.17) is 33.7 Å². The summed E-state index contributed by atoms with van der Waals surface area (Å²) in [4.78, 5) is 0. The summed E-state index contributed by atoms with van der Waals surface area (Å²) >= 11 is 12.4. The molecule has 0 spiro atoms. The maximum Gasteiger partial charge on any atom is 0.139 e. The first kappa shape index (κ1) is 13.0. The lowest BCUT2D eigenvalue weighted by atomic mass is 9.77. The standard InChI is InChI=1S/C13H17Cl2NO/c1-2-17-12-7-10(14)9(6-11(12)15)13(16)8-4-3-5-8/h6-8,13H,2-5,16H2,1H3. The van der Waals surface area contributed by atoms with E-state index in [-0.39, 0.29) is 6.04 Å². The normalized spacial score (nSPS) is 17.6. The molecule has 0 aliphatic heterocycles. The molecule has 2 nitrogen and oxygen atoms in total. The van der Waals surface area contributed by atoms with Crippen LogP contribution in [-0.4, -0.2) is 6.61 Å². The highest BCUT2D eigenvalue weighted by molar-refractivity contribution is 6.34. The van der Waals surface area contributed by atoms with E-state index in [9.17, 15) is 0 Å². The molecule has 1 unspecified atom stereocenters. The molecule has 4 heteroatoms. The van der Waals surface area contributed by atoms with Crippen LogP contribution in [-0.2, 0) is 0 Å². The molecular formula is C13H17Cl2NO. The van der Waals surface area contributed by atoms with Gasteiger partial charge in [-0.25, -0.2) is 0 Å². The minimum absolute atomic E-state index is 0.00979. The molecule has 1 saturated carbocycles. The van der Waals surface area contributed by atoms with Gasteiger partial charge in [0.05, 0.1) is 11.6 Å². The Morgan fingerprint density at radius 2 is 2.06 bits per heavy atom. The molecule has 0 radical (unpaired) electrons. The van der Waals surface area contributed by atoms with Crippen molar-refractivity contribution in [2.24, 2.45) is 11.7 Å².